The topological polar surface area (TPSA) is 43.4 Å². The van der Waals surface area contributed by atoms with Crippen LogP contribution < -0.4 is 0 Å². The number of hydrogen-bond donors (Lipinski definition) is 0. The lowest BCUT2D eigenvalue weighted by Crippen LogP contribution is -2.59. The van der Waals surface area contributed by atoms with Crippen LogP contribution in [0, 0.1) is 0 Å². The second-order valence-electron chi connectivity index (χ2n) is 8.92. The molecule has 0 amide bonds. The highest BCUT2D eigenvalue weighted by Crippen LogP contribution is 2.36. The first-order valence-electron chi connectivity index (χ1n) is 11.5. The Kier molecular flexibility index (Phi) is 14.3. The fourth-order valence-electron chi connectivity index (χ4n) is 4.19. The van der Waals surface area contributed by atoms with E-state index in [1.165, 1.54) is 12.1 Å². The molecule has 0 aliphatic rings. The van der Waals surface area contributed by atoms with Gasteiger partial charge in [-0.2, -0.15) is 0 Å². The van der Waals surface area contributed by atoms with Gasteiger partial charge in [0.2, 0.25) is 0 Å². The summed E-state index contributed by atoms with van der Waals surface area (Å²) in [7, 11) is -0.566. The van der Waals surface area contributed by atoms with E-state index in [4.69, 9.17) is 17.4 Å². The number of nitrogens with zero attached hydrogens (tertiary/aromatic N) is 2. The van der Waals surface area contributed by atoms with Crippen molar-refractivity contribution in [3.8, 4) is 0 Å². The molecule has 180 valence electrons. The first kappa shape index (κ1) is 30.6. The standard InChI is InChI=1S/C20H50N2O4Si4/c1-13-21(14-2)20(22(15-3)16-4)27-17-18-28(9,10)26-29(11,12)19(5)30(23-6,24-7)25-8/h19-20H,13-18H2,1-12H3. The Bertz CT molecular complexity index is 440. The monoisotopic (exact) mass is 494 g/mol. The van der Waals surface area contributed by atoms with Crippen molar-refractivity contribution >= 4 is 35.0 Å². The van der Waals surface area contributed by atoms with E-state index in [0.717, 1.165) is 35.7 Å². The molecule has 0 aliphatic heterocycles. The predicted molar refractivity (Wildman–Crippen MR) is 137 cm³/mol. The SMILES string of the molecule is CCN(CC)C([Si]CC[Si](C)(C)O[Si](C)(C)C(C)[Si](OC)(OC)OC)N(CC)CC. The molecule has 0 saturated carbocycles. The van der Waals surface area contributed by atoms with Crippen molar-refractivity contribution in [2.75, 3.05) is 47.5 Å². The molecule has 0 rings (SSSR count). The quantitative estimate of drug-likeness (QED) is 0.222. The van der Waals surface area contributed by atoms with Crippen LogP contribution in [0.15, 0.2) is 0 Å². The van der Waals surface area contributed by atoms with Crippen LogP contribution >= 0.6 is 0 Å². The molecule has 1 atom stereocenters. The molecular formula is C20H50N2O4Si4. The molecule has 0 aromatic carbocycles. The zero-order valence-corrected chi connectivity index (χ0v) is 25.9. The molecular weight excluding hydrogens is 445 g/mol. The van der Waals surface area contributed by atoms with Crippen LogP contribution in [-0.2, 0) is 17.4 Å². The van der Waals surface area contributed by atoms with Gasteiger partial charge in [0.25, 0.3) is 0 Å². The Balaban J connectivity index is 5.16. The largest absolute Gasteiger partial charge is 0.502 e. The van der Waals surface area contributed by atoms with Gasteiger partial charge in [0.15, 0.2) is 16.6 Å². The Morgan fingerprint density at radius 2 is 1.17 bits per heavy atom. The van der Waals surface area contributed by atoms with E-state index >= 15 is 0 Å². The van der Waals surface area contributed by atoms with E-state index in [1.807, 2.05) is 0 Å². The average molecular weight is 495 g/mol. The lowest BCUT2D eigenvalue weighted by Gasteiger charge is -2.43. The Labute approximate surface area is 193 Å². The van der Waals surface area contributed by atoms with Gasteiger partial charge < -0.3 is 17.4 Å². The van der Waals surface area contributed by atoms with Crippen molar-refractivity contribution < 1.29 is 17.4 Å². The van der Waals surface area contributed by atoms with Gasteiger partial charge >= 0.3 is 8.80 Å². The van der Waals surface area contributed by atoms with E-state index in [1.54, 1.807) is 21.3 Å². The summed E-state index contributed by atoms with van der Waals surface area (Å²) in [5.41, 5.74) is 0. The molecule has 1 unspecified atom stereocenters. The first-order valence-corrected chi connectivity index (χ1v) is 20.7. The minimum absolute atomic E-state index is 0.179. The van der Waals surface area contributed by atoms with Gasteiger partial charge in [-0.15, -0.1) is 0 Å². The summed E-state index contributed by atoms with van der Waals surface area (Å²) >= 11 is 0. The molecule has 0 spiro atoms. The van der Waals surface area contributed by atoms with Crippen molar-refractivity contribution in [1.29, 1.82) is 0 Å². The molecule has 0 heterocycles. The molecule has 0 aromatic rings. The predicted octanol–water partition coefficient (Wildman–Crippen LogP) is 4.31. The zero-order chi connectivity index (χ0) is 23.6. The lowest BCUT2D eigenvalue weighted by molar-refractivity contribution is 0.115. The van der Waals surface area contributed by atoms with E-state index in [-0.39, 0.29) is 5.16 Å². The highest BCUT2D eigenvalue weighted by molar-refractivity contribution is 6.93. The average Bonchev–Trinajstić information content (AvgIpc) is 2.70. The summed E-state index contributed by atoms with van der Waals surface area (Å²) in [6.45, 7) is 25.1. The fourth-order valence-corrected chi connectivity index (χ4v) is 22.0. The van der Waals surface area contributed by atoms with E-state index in [0.29, 0.717) is 5.79 Å². The van der Waals surface area contributed by atoms with Crippen molar-refractivity contribution in [2.24, 2.45) is 0 Å². The summed E-state index contributed by atoms with van der Waals surface area (Å²) in [6, 6.07) is 2.42. The van der Waals surface area contributed by atoms with Crippen LogP contribution in [0.1, 0.15) is 34.6 Å². The summed E-state index contributed by atoms with van der Waals surface area (Å²) in [6.07, 6.45) is 0. The summed E-state index contributed by atoms with van der Waals surface area (Å²) < 4.78 is 24.3. The highest BCUT2D eigenvalue weighted by atomic mass is 28.5. The second kappa shape index (κ2) is 14.0. The molecule has 0 N–H and O–H groups in total. The van der Waals surface area contributed by atoms with Gasteiger partial charge in [0.1, 0.15) is 0 Å². The fraction of sp³-hybridized carbons (Fsp3) is 1.00. The maximum atomic E-state index is 6.96. The Morgan fingerprint density at radius 3 is 1.50 bits per heavy atom. The van der Waals surface area contributed by atoms with Gasteiger partial charge in [0, 0.05) is 32.3 Å². The van der Waals surface area contributed by atoms with Crippen molar-refractivity contribution in [1.82, 2.24) is 9.80 Å². The minimum Gasteiger partial charge on any atom is -0.455 e. The molecule has 2 radical (unpaired) electrons. The Morgan fingerprint density at radius 1 is 0.767 bits per heavy atom. The van der Waals surface area contributed by atoms with Gasteiger partial charge in [-0.3, -0.25) is 9.80 Å². The molecule has 6 nitrogen and oxygen atoms in total. The van der Waals surface area contributed by atoms with Crippen LogP contribution in [0.2, 0.25) is 43.4 Å². The smallest absolute Gasteiger partial charge is 0.455 e. The van der Waals surface area contributed by atoms with Crippen LogP contribution in [-0.4, -0.2) is 98.1 Å². The highest BCUT2D eigenvalue weighted by Gasteiger charge is 2.54. The maximum absolute atomic E-state index is 6.96. The minimum atomic E-state index is -2.71. The molecule has 0 aliphatic carbocycles. The molecule has 0 fully saturated rings. The van der Waals surface area contributed by atoms with Crippen LogP contribution in [0.5, 0.6) is 0 Å². The molecule has 0 aromatic heterocycles. The van der Waals surface area contributed by atoms with Gasteiger partial charge in [-0.25, -0.2) is 0 Å². The van der Waals surface area contributed by atoms with E-state index in [9.17, 15) is 0 Å². The van der Waals surface area contributed by atoms with Crippen LogP contribution in [0.3, 0.4) is 0 Å². The number of hydrogen-bond acceptors (Lipinski definition) is 6. The lowest BCUT2D eigenvalue weighted by atomic mass is 10.5. The van der Waals surface area contributed by atoms with Gasteiger partial charge in [-0.05, 0) is 58.4 Å². The Hall–Kier alpha value is 0.628. The third kappa shape index (κ3) is 8.53. The molecule has 0 bridgehead atoms. The summed E-state index contributed by atoms with van der Waals surface area (Å²) in [5, 5.41) is 0.179. The van der Waals surface area contributed by atoms with Crippen molar-refractivity contribution in [3.63, 3.8) is 0 Å². The van der Waals surface area contributed by atoms with Crippen molar-refractivity contribution in [3.05, 3.63) is 0 Å². The zero-order valence-electron chi connectivity index (χ0n) is 21.9. The second-order valence-corrected chi connectivity index (χ2v) is 23.1. The van der Waals surface area contributed by atoms with E-state index < -0.39 is 25.4 Å². The third-order valence-electron chi connectivity index (χ3n) is 6.34. The summed E-state index contributed by atoms with van der Waals surface area (Å²) in [5.74, 6) is 0.555. The maximum Gasteiger partial charge on any atom is 0.502 e. The van der Waals surface area contributed by atoms with Crippen molar-refractivity contribution in [2.45, 2.75) is 83.8 Å². The first-order chi connectivity index (χ1) is 13.9. The normalized spacial score (nSPS) is 14.9. The van der Waals surface area contributed by atoms with Crippen LogP contribution in [0.25, 0.3) is 0 Å². The van der Waals surface area contributed by atoms with E-state index in [2.05, 4.69) is 70.6 Å². The molecule has 0 saturated heterocycles. The number of rotatable bonds is 17. The van der Waals surface area contributed by atoms with Crippen LogP contribution in [0.4, 0.5) is 0 Å². The third-order valence-corrected chi connectivity index (χ3v) is 22.2. The summed E-state index contributed by atoms with van der Waals surface area (Å²) in [4.78, 5) is 5.22. The molecule has 30 heavy (non-hydrogen) atoms. The molecule has 10 heteroatoms. The van der Waals surface area contributed by atoms with Gasteiger partial charge in [0.05, 0.1) is 9.52 Å². The van der Waals surface area contributed by atoms with Gasteiger partial charge in [-0.1, -0.05) is 40.7 Å².